The number of fused-ring (bicyclic) bond motifs is 3. The molecular formula is C58H60. The highest BCUT2D eigenvalue weighted by Crippen LogP contribution is 2.54. The predicted octanol–water partition coefficient (Wildman–Crippen LogP) is 17.0. The zero-order valence-corrected chi connectivity index (χ0v) is 36.9. The molecule has 0 aliphatic rings. The number of hydrogen-bond acceptors (Lipinski definition) is 0. The maximum Gasteiger partial charge on any atom is -0.000139 e. The van der Waals surface area contributed by atoms with Crippen LogP contribution < -0.4 is 0 Å². The van der Waals surface area contributed by atoms with Gasteiger partial charge in [-0.2, -0.15) is 0 Å². The highest BCUT2D eigenvalue weighted by molar-refractivity contribution is 6.33. The van der Waals surface area contributed by atoms with Crippen molar-refractivity contribution in [2.45, 2.75) is 105 Å². The molecule has 0 spiro atoms. The van der Waals surface area contributed by atoms with Crippen molar-refractivity contribution in [2.75, 3.05) is 0 Å². The van der Waals surface area contributed by atoms with Crippen LogP contribution in [0.15, 0.2) is 146 Å². The number of hydrogen-bond donors (Lipinski definition) is 0. The molecule has 0 saturated carbocycles. The van der Waals surface area contributed by atoms with E-state index in [-0.39, 0.29) is 21.7 Å². The van der Waals surface area contributed by atoms with E-state index >= 15 is 0 Å². The van der Waals surface area contributed by atoms with Crippen LogP contribution in [0.4, 0.5) is 0 Å². The molecule has 0 amide bonds. The molecule has 0 aromatic heterocycles. The third kappa shape index (κ3) is 7.06. The molecule has 0 saturated heterocycles. The van der Waals surface area contributed by atoms with Crippen LogP contribution in [0.2, 0.25) is 0 Å². The van der Waals surface area contributed by atoms with Crippen molar-refractivity contribution in [2.24, 2.45) is 0 Å². The van der Waals surface area contributed by atoms with Gasteiger partial charge in [0.15, 0.2) is 0 Å². The van der Waals surface area contributed by atoms with Gasteiger partial charge in [-0.05, 0) is 121 Å². The van der Waals surface area contributed by atoms with Crippen molar-refractivity contribution < 1.29 is 0 Å². The maximum absolute atomic E-state index is 2.37. The van der Waals surface area contributed by atoms with Crippen LogP contribution in [0.25, 0.3) is 76.8 Å². The van der Waals surface area contributed by atoms with Gasteiger partial charge < -0.3 is 0 Å². The Morgan fingerprint density at radius 3 is 0.552 bits per heavy atom. The monoisotopic (exact) mass is 756 g/mol. The number of benzene rings is 8. The van der Waals surface area contributed by atoms with Crippen molar-refractivity contribution in [1.29, 1.82) is 0 Å². The lowest BCUT2D eigenvalue weighted by Crippen LogP contribution is -2.10. The Bertz CT molecular complexity index is 2390. The molecule has 0 nitrogen and oxygen atoms in total. The molecule has 0 unspecified atom stereocenters. The van der Waals surface area contributed by atoms with Crippen molar-refractivity contribution in [1.82, 2.24) is 0 Å². The Morgan fingerprint density at radius 2 is 0.397 bits per heavy atom. The first-order valence-electron chi connectivity index (χ1n) is 21.2. The van der Waals surface area contributed by atoms with E-state index in [4.69, 9.17) is 0 Å². The molecule has 58 heavy (non-hydrogen) atoms. The minimum absolute atomic E-state index is 0.0499. The molecule has 0 radical (unpaired) electrons. The molecule has 0 N–H and O–H groups in total. The summed E-state index contributed by atoms with van der Waals surface area (Å²) in [5.41, 5.74) is 15.6. The van der Waals surface area contributed by atoms with Gasteiger partial charge in [-0.15, -0.1) is 0 Å². The maximum atomic E-state index is 2.37. The van der Waals surface area contributed by atoms with Crippen molar-refractivity contribution >= 4 is 32.3 Å². The summed E-state index contributed by atoms with van der Waals surface area (Å²) in [5, 5.41) is 7.68. The third-order valence-electron chi connectivity index (χ3n) is 12.3. The van der Waals surface area contributed by atoms with Gasteiger partial charge in [0.1, 0.15) is 0 Å². The molecule has 0 fully saturated rings. The quantitative estimate of drug-likeness (QED) is 0.157. The van der Waals surface area contributed by atoms with E-state index in [1.165, 1.54) is 99.1 Å². The van der Waals surface area contributed by atoms with Gasteiger partial charge in [0.2, 0.25) is 0 Å². The Hall–Kier alpha value is -5.46. The van der Waals surface area contributed by atoms with Gasteiger partial charge in [0.05, 0.1) is 0 Å². The van der Waals surface area contributed by atoms with Gasteiger partial charge in [0.25, 0.3) is 0 Å². The lowest BCUT2D eigenvalue weighted by atomic mass is 9.76. The fraction of sp³-hybridized carbons (Fsp3) is 0.276. The summed E-state index contributed by atoms with van der Waals surface area (Å²) >= 11 is 0. The summed E-state index contributed by atoms with van der Waals surface area (Å²) in [6.07, 6.45) is 0. The molecule has 0 heteroatoms. The largest absolute Gasteiger partial charge is 0.0616 e. The highest BCUT2D eigenvalue weighted by atomic mass is 14.3. The molecule has 8 rings (SSSR count). The van der Waals surface area contributed by atoms with E-state index in [1.54, 1.807) is 0 Å². The van der Waals surface area contributed by atoms with Crippen LogP contribution in [0, 0.1) is 0 Å². The number of rotatable bonds is 4. The topological polar surface area (TPSA) is 0 Å². The summed E-state index contributed by atoms with van der Waals surface area (Å²) in [5.74, 6) is 0. The second kappa shape index (κ2) is 14.1. The van der Waals surface area contributed by atoms with Gasteiger partial charge in [0, 0.05) is 0 Å². The molecule has 0 heterocycles. The van der Waals surface area contributed by atoms with Crippen LogP contribution in [0.3, 0.4) is 0 Å². The van der Waals surface area contributed by atoms with Crippen LogP contribution in [0.1, 0.15) is 105 Å². The lowest BCUT2D eigenvalue weighted by Gasteiger charge is -2.27. The molecular weight excluding hydrogens is 697 g/mol. The summed E-state index contributed by atoms with van der Waals surface area (Å²) < 4.78 is 0. The lowest BCUT2D eigenvalue weighted by molar-refractivity contribution is 0.590. The van der Waals surface area contributed by atoms with Crippen LogP contribution >= 0.6 is 0 Å². The molecule has 0 aliphatic carbocycles. The Morgan fingerprint density at radius 1 is 0.224 bits per heavy atom. The van der Waals surface area contributed by atoms with Crippen LogP contribution in [-0.4, -0.2) is 0 Å². The zero-order chi connectivity index (χ0) is 41.4. The summed E-state index contributed by atoms with van der Waals surface area (Å²) in [6, 6.07) is 56.1. The third-order valence-corrected chi connectivity index (χ3v) is 12.3. The fourth-order valence-corrected chi connectivity index (χ4v) is 8.87. The van der Waals surface area contributed by atoms with E-state index in [0.717, 1.165) is 0 Å². The fourth-order valence-electron chi connectivity index (χ4n) is 8.87. The summed E-state index contributed by atoms with van der Waals surface area (Å²) in [4.78, 5) is 0. The van der Waals surface area contributed by atoms with E-state index in [1.807, 2.05) is 0 Å². The SMILES string of the molecule is CC(C)(C)c1ccc(-c2c3ccccc3c(-c3ccc(C(C)(C)C)cc3)c3c(-c4ccc(C(C)(C)C)cc4)c4ccccc4c(-c4ccc(C(C)(C)C)cc4)c23)cc1. The first-order chi connectivity index (χ1) is 27.3. The second-order valence-electron chi connectivity index (χ2n) is 20.7. The van der Waals surface area contributed by atoms with Crippen molar-refractivity contribution in [3.63, 3.8) is 0 Å². The normalized spacial score (nSPS) is 12.8. The minimum Gasteiger partial charge on any atom is -0.0616 e. The first-order valence-corrected chi connectivity index (χ1v) is 21.2. The first kappa shape index (κ1) is 39.4. The van der Waals surface area contributed by atoms with E-state index in [9.17, 15) is 0 Å². The predicted molar refractivity (Wildman–Crippen MR) is 256 cm³/mol. The van der Waals surface area contributed by atoms with Crippen molar-refractivity contribution in [3.8, 4) is 44.5 Å². The van der Waals surface area contributed by atoms with Crippen LogP contribution in [0.5, 0.6) is 0 Å². The second-order valence-corrected chi connectivity index (χ2v) is 20.7. The highest BCUT2D eigenvalue weighted by Gasteiger charge is 2.27. The molecule has 0 bridgehead atoms. The Kier molecular flexibility index (Phi) is 9.59. The van der Waals surface area contributed by atoms with E-state index in [0.29, 0.717) is 0 Å². The van der Waals surface area contributed by atoms with Gasteiger partial charge in [-0.3, -0.25) is 0 Å². The molecule has 0 atom stereocenters. The van der Waals surface area contributed by atoms with Gasteiger partial charge in [-0.25, -0.2) is 0 Å². The van der Waals surface area contributed by atoms with Gasteiger partial charge >= 0.3 is 0 Å². The van der Waals surface area contributed by atoms with Gasteiger partial charge in [-0.1, -0.05) is 229 Å². The van der Waals surface area contributed by atoms with E-state index in [2.05, 4.69) is 229 Å². The molecule has 8 aromatic carbocycles. The molecule has 8 aromatic rings. The van der Waals surface area contributed by atoms with Crippen LogP contribution in [-0.2, 0) is 21.7 Å². The Labute approximate surface area is 348 Å². The van der Waals surface area contributed by atoms with E-state index < -0.39 is 0 Å². The average Bonchev–Trinajstić information content (AvgIpc) is 3.18. The van der Waals surface area contributed by atoms with Crippen molar-refractivity contribution in [3.05, 3.63) is 168 Å². The average molecular weight is 757 g/mol. The smallest absolute Gasteiger partial charge is 0.000139 e. The minimum atomic E-state index is 0.0499. The molecule has 0 aliphatic heterocycles. The summed E-state index contributed by atoms with van der Waals surface area (Å²) in [6.45, 7) is 27.6. The Balaban J connectivity index is 1.65. The standard InChI is InChI=1S/C58H60/c1-55(2,3)41-29-21-37(22-30-41)49-45-17-13-14-18-46(45)51(39-25-33-43(34-26-39)57(7,8)9)54-52(40-27-35-44(36-28-40)58(10,11)12)48-20-16-15-19-47(48)50(53(49)54)38-23-31-42(32-24-38)56(4,5)6/h13-36H,1-12H3. The zero-order valence-electron chi connectivity index (χ0n) is 36.9. The summed E-state index contributed by atoms with van der Waals surface area (Å²) in [7, 11) is 0. The molecule has 292 valence electrons.